The first-order chi connectivity index (χ1) is 12.4. The third-order valence-electron chi connectivity index (χ3n) is 4.09. The van der Waals surface area contributed by atoms with Crippen molar-refractivity contribution >= 4 is 63.9 Å². The Morgan fingerprint density at radius 3 is 2.15 bits per heavy atom. The highest BCUT2D eigenvalue weighted by molar-refractivity contribution is 6.39. The highest BCUT2D eigenvalue weighted by Gasteiger charge is 2.25. The summed E-state index contributed by atoms with van der Waals surface area (Å²) in [4.78, 5) is 27.2. The standard InChI is InChI=1S/C18H14Cl4N2O2/c19-10-3-4-12(14(21)8-10)17(25)23-16-13(7-11(20)9-15(16)22)18(26)24-5-1-2-6-24/h3-4,7-9H,1-2,5-6H2,(H,23,25). The summed E-state index contributed by atoms with van der Waals surface area (Å²) < 4.78 is 0. The molecule has 4 nitrogen and oxygen atoms in total. The van der Waals surface area contributed by atoms with E-state index in [0.717, 1.165) is 12.8 Å². The Morgan fingerprint density at radius 2 is 1.50 bits per heavy atom. The van der Waals surface area contributed by atoms with Gasteiger partial charge in [0.05, 0.1) is 26.9 Å². The van der Waals surface area contributed by atoms with Gasteiger partial charge in [0.15, 0.2) is 0 Å². The summed E-state index contributed by atoms with van der Waals surface area (Å²) in [6.45, 7) is 1.33. The molecule has 1 fully saturated rings. The van der Waals surface area contributed by atoms with Crippen LogP contribution in [0.5, 0.6) is 0 Å². The van der Waals surface area contributed by atoms with E-state index >= 15 is 0 Å². The van der Waals surface area contributed by atoms with Gasteiger partial charge in [-0.2, -0.15) is 0 Å². The second-order valence-corrected chi connectivity index (χ2v) is 7.58. The molecule has 2 aromatic rings. The minimum Gasteiger partial charge on any atom is -0.339 e. The summed E-state index contributed by atoms with van der Waals surface area (Å²) in [5.41, 5.74) is 0.688. The van der Waals surface area contributed by atoms with E-state index in [-0.39, 0.29) is 32.8 Å². The zero-order valence-corrected chi connectivity index (χ0v) is 16.5. The van der Waals surface area contributed by atoms with Crippen LogP contribution in [0.25, 0.3) is 0 Å². The molecule has 8 heteroatoms. The van der Waals surface area contributed by atoms with E-state index in [9.17, 15) is 9.59 Å². The molecule has 136 valence electrons. The van der Waals surface area contributed by atoms with Gasteiger partial charge in [-0.3, -0.25) is 9.59 Å². The molecular formula is C18H14Cl4N2O2. The van der Waals surface area contributed by atoms with Gasteiger partial charge in [-0.15, -0.1) is 0 Å². The van der Waals surface area contributed by atoms with Crippen LogP contribution in [0.2, 0.25) is 20.1 Å². The van der Waals surface area contributed by atoms with Crippen LogP contribution in [-0.2, 0) is 0 Å². The molecule has 0 radical (unpaired) electrons. The fourth-order valence-electron chi connectivity index (χ4n) is 2.81. The highest BCUT2D eigenvalue weighted by atomic mass is 35.5. The lowest BCUT2D eigenvalue weighted by Gasteiger charge is -2.19. The van der Waals surface area contributed by atoms with Crippen LogP contribution in [0.4, 0.5) is 5.69 Å². The summed E-state index contributed by atoms with van der Waals surface area (Å²) >= 11 is 24.3. The van der Waals surface area contributed by atoms with E-state index in [4.69, 9.17) is 46.4 Å². The minimum atomic E-state index is -0.494. The lowest BCUT2D eigenvalue weighted by Crippen LogP contribution is -2.29. The maximum Gasteiger partial charge on any atom is 0.257 e. The molecule has 0 spiro atoms. The summed E-state index contributed by atoms with van der Waals surface area (Å²) in [6.07, 6.45) is 1.89. The van der Waals surface area contributed by atoms with Crippen molar-refractivity contribution in [2.24, 2.45) is 0 Å². The van der Waals surface area contributed by atoms with Crippen LogP contribution in [0.15, 0.2) is 30.3 Å². The second kappa shape index (κ2) is 8.05. The van der Waals surface area contributed by atoms with Gasteiger partial charge in [0, 0.05) is 23.1 Å². The number of hydrogen-bond acceptors (Lipinski definition) is 2. The maximum absolute atomic E-state index is 12.8. The Kier molecular flexibility index (Phi) is 5.98. The number of carbonyl (C=O) groups is 2. The molecule has 0 saturated carbocycles. The van der Waals surface area contributed by atoms with E-state index in [1.807, 2.05) is 0 Å². The number of anilines is 1. The average molecular weight is 432 g/mol. The summed E-state index contributed by atoms with van der Waals surface area (Å²) in [6, 6.07) is 7.52. The molecule has 1 aliphatic heterocycles. The Labute approximate surface area is 171 Å². The predicted octanol–water partition coefficient (Wildman–Crippen LogP) is 5.79. The van der Waals surface area contributed by atoms with Crippen LogP contribution >= 0.6 is 46.4 Å². The van der Waals surface area contributed by atoms with Crippen LogP contribution in [0, 0.1) is 0 Å². The molecule has 2 aromatic carbocycles. The monoisotopic (exact) mass is 430 g/mol. The van der Waals surface area contributed by atoms with Gasteiger partial charge < -0.3 is 10.2 Å². The van der Waals surface area contributed by atoms with Crippen LogP contribution in [0.1, 0.15) is 33.6 Å². The molecule has 1 aliphatic rings. The van der Waals surface area contributed by atoms with Crippen molar-refractivity contribution in [1.82, 2.24) is 4.90 Å². The third kappa shape index (κ3) is 4.09. The molecule has 1 heterocycles. The number of carbonyl (C=O) groups excluding carboxylic acids is 2. The Morgan fingerprint density at radius 1 is 0.846 bits per heavy atom. The fraction of sp³-hybridized carbons (Fsp3) is 0.222. The van der Waals surface area contributed by atoms with Gasteiger partial charge in [-0.1, -0.05) is 46.4 Å². The summed E-state index contributed by atoms with van der Waals surface area (Å²) in [7, 11) is 0. The van der Waals surface area contributed by atoms with Gasteiger partial charge in [0.2, 0.25) is 0 Å². The SMILES string of the molecule is O=C(Nc1c(Cl)cc(Cl)cc1C(=O)N1CCCC1)c1ccc(Cl)cc1Cl. The summed E-state index contributed by atoms with van der Waals surface area (Å²) in [5.74, 6) is -0.712. The van der Waals surface area contributed by atoms with Gasteiger partial charge >= 0.3 is 0 Å². The van der Waals surface area contributed by atoms with E-state index in [0.29, 0.717) is 23.1 Å². The van der Waals surface area contributed by atoms with Crippen molar-refractivity contribution in [3.63, 3.8) is 0 Å². The minimum absolute atomic E-state index is 0.179. The third-order valence-corrected chi connectivity index (χ3v) is 5.16. The number of amides is 2. The molecule has 0 atom stereocenters. The molecule has 26 heavy (non-hydrogen) atoms. The predicted molar refractivity (Wildman–Crippen MR) is 106 cm³/mol. The average Bonchev–Trinajstić information content (AvgIpc) is 3.10. The first-order valence-corrected chi connectivity index (χ1v) is 9.42. The van der Waals surface area contributed by atoms with Gasteiger partial charge in [0.1, 0.15) is 0 Å². The van der Waals surface area contributed by atoms with Crippen molar-refractivity contribution < 1.29 is 9.59 Å². The molecule has 0 bridgehead atoms. The second-order valence-electron chi connectivity index (χ2n) is 5.89. The van der Waals surface area contributed by atoms with E-state index in [1.54, 1.807) is 11.0 Å². The first kappa shape index (κ1) is 19.3. The van der Waals surface area contributed by atoms with Crippen LogP contribution in [0.3, 0.4) is 0 Å². The van der Waals surface area contributed by atoms with Crippen molar-refractivity contribution in [2.75, 3.05) is 18.4 Å². The Balaban J connectivity index is 1.96. The molecule has 0 aliphatic carbocycles. The zero-order valence-electron chi connectivity index (χ0n) is 13.5. The largest absolute Gasteiger partial charge is 0.339 e. The normalized spacial score (nSPS) is 13.8. The maximum atomic E-state index is 12.8. The van der Waals surface area contributed by atoms with E-state index in [2.05, 4.69) is 5.32 Å². The zero-order chi connectivity index (χ0) is 18.8. The van der Waals surface area contributed by atoms with Crippen LogP contribution < -0.4 is 5.32 Å². The lowest BCUT2D eigenvalue weighted by molar-refractivity contribution is 0.0794. The lowest BCUT2D eigenvalue weighted by atomic mass is 10.1. The Hall–Kier alpha value is -1.46. The van der Waals surface area contributed by atoms with E-state index < -0.39 is 5.91 Å². The molecule has 1 N–H and O–H groups in total. The van der Waals surface area contributed by atoms with Crippen molar-refractivity contribution in [3.05, 3.63) is 61.5 Å². The molecular weight excluding hydrogens is 418 g/mol. The van der Waals surface area contributed by atoms with Crippen LogP contribution in [-0.4, -0.2) is 29.8 Å². The number of rotatable bonds is 3. The molecule has 0 aromatic heterocycles. The van der Waals surface area contributed by atoms with E-state index in [1.165, 1.54) is 24.3 Å². The number of hydrogen-bond donors (Lipinski definition) is 1. The van der Waals surface area contributed by atoms with Crippen molar-refractivity contribution in [3.8, 4) is 0 Å². The summed E-state index contributed by atoms with van der Waals surface area (Å²) in [5, 5.41) is 3.80. The highest BCUT2D eigenvalue weighted by Crippen LogP contribution is 2.33. The molecule has 0 unspecified atom stereocenters. The Bertz CT molecular complexity index is 880. The topological polar surface area (TPSA) is 49.4 Å². The molecule has 1 saturated heterocycles. The number of halogens is 4. The van der Waals surface area contributed by atoms with Gasteiger partial charge in [-0.25, -0.2) is 0 Å². The fourth-order valence-corrected chi connectivity index (χ4v) is 3.85. The molecule has 2 amide bonds. The quantitative estimate of drug-likeness (QED) is 0.668. The first-order valence-electron chi connectivity index (χ1n) is 7.91. The molecule has 3 rings (SSSR count). The number of benzene rings is 2. The number of nitrogens with zero attached hydrogens (tertiary/aromatic N) is 1. The van der Waals surface area contributed by atoms with Crippen molar-refractivity contribution in [1.29, 1.82) is 0 Å². The number of nitrogens with one attached hydrogen (secondary N) is 1. The van der Waals surface area contributed by atoms with Gasteiger partial charge in [0.25, 0.3) is 11.8 Å². The smallest absolute Gasteiger partial charge is 0.257 e. The number of likely N-dealkylation sites (tertiary alicyclic amines) is 1. The van der Waals surface area contributed by atoms with Gasteiger partial charge in [-0.05, 0) is 43.2 Å². The van der Waals surface area contributed by atoms with Crippen molar-refractivity contribution in [2.45, 2.75) is 12.8 Å².